The zero-order chi connectivity index (χ0) is 16.1. The number of pyridine rings is 1. The molecule has 4 N–H and O–H groups in total. The summed E-state index contributed by atoms with van der Waals surface area (Å²) in [4.78, 5) is 27.7. The molecule has 0 saturated heterocycles. The number of rotatable bonds is 5. The third kappa shape index (κ3) is 3.72. The first-order chi connectivity index (χ1) is 10.5. The molecule has 2 rings (SSSR count). The fourth-order valence-electron chi connectivity index (χ4n) is 2.21. The van der Waals surface area contributed by atoms with Gasteiger partial charge in [-0.3, -0.25) is 9.78 Å². The first-order valence-corrected chi connectivity index (χ1v) is 7.23. The summed E-state index contributed by atoms with van der Waals surface area (Å²) < 4.78 is 0. The maximum Gasteiger partial charge on any atom is 0.312 e. The number of fused-ring (bicyclic) bond motifs is 1. The Kier molecular flexibility index (Phi) is 4.93. The predicted octanol–water partition coefficient (Wildman–Crippen LogP) is 2.26. The van der Waals surface area contributed by atoms with Gasteiger partial charge in [-0.25, -0.2) is 4.79 Å². The Hall–Kier alpha value is -2.63. The Morgan fingerprint density at radius 2 is 2.05 bits per heavy atom. The number of benzene rings is 1. The highest BCUT2D eigenvalue weighted by Crippen LogP contribution is 2.17. The Labute approximate surface area is 129 Å². The summed E-state index contributed by atoms with van der Waals surface area (Å²) in [6.45, 7) is 3.84. The van der Waals surface area contributed by atoms with E-state index in [2.05, 4.69) is 15.6 Å². The third-order valence-corrected chi connectivity index (χ3v) is 3.65. The lowest BCUT2D eigenvalue weighted by Gasteiger charge is -2.22. The van der Waals surface area contributed by atoms with E-state index in [0.717, 1.165) is 17.3 Å². The number of para-hydroxylation sites is 1. The van der Waals surface area contributed by atoms with E-state index >= 15 is 0 Å². The fourth-order valence-corrected chi connectivity index (χ4v) is 2.21. The van der Waals surface area contributed by atoms with E-state index in [0.29, 0.717) is 5.69 Å². The minimum absolute atomic E-state index is 0.0269. The van der Waals surface area contributed by atoms with Crippen molar-refractivity contribution in [2.75, 3.05) is 5.32 Å². The van der Waals surface area contributed by atoms with Crippen LogP contribution < -0.4 is 16.4 Å². The second kappa shape index (κ2) is 6.89. The van der Waals surface area contributed by atoms with Crippen LogP contribution in [0.1, 0.15) is 20.3 Å². The summed E-state index contributed by atoms with van der Waals surface area (Å²) in [5, 5.41) is 6.21. The van der Waals surface area contributed by atoms with Gasteiger partial charge in [-0.1, -0.05) is 38.5 Å². The van der Waals surface area contributed by atoms with E-state index in [4.69, 9.17) is 5.73 Å². The van der Waals surface area contributed by atoms with Crippen molar-refractivity contribution < 1.29 is 9.59 Å². The van der Waals surface area contributed by atoms with Crippen LogP contribution in [0.5, 0.6) is 0 Å². The van der Waals surface area contributed by atoms with Crippen LogP contribution >= 0.6 is 0 Å². The number of aromatic nitrogens is 1. The Balaban J connectivity index is 2.18. The van der Waals surface area contributed by atoms with E-state index in [1.807, 2.05) is 44.2 Å². The van der Waals surface area contributed by atoms with Crippen molar-refractivity contribution in [2.45, 2.75) is 26.3 Å². The first-order valence-electron chi connectivity index (χ1n) is 7.23. The van der Waals surface area contributed by atoms with Crippen molar-refractivity contribution >= 4 is 28.5 Å². The van der Waals surface area contributed by atoms with Gasteiger partial charge in [-0.2, -0.15) is 0 Å². The highest BCUT2D eigenvalue weighted by Gasteiger charge is 2.25. The minimum Gasteiger partial charge on any atom is -0.352 e. The molecule has 0 unspecified atom stereocenters. The van der Waals surface area contributed by atoms with Gasteiger partial charge in [0.15, 0.2) is 0 Å². The monoisotopic (exact) mass is 300 g/mol. The van der Waals surface area contributed by atoms with Crippen LogP contribution in [0.25, 0.3) is 10.9 Å². The van der Waals surface area contributed by atoms with Gasteiger partial charge in [-0.15, -0.1) is 0 Å². The first kappa shape index (κ1) is 15.8. The van der Waals surface area contributed by atoms with E-state index in [1.165, 1.54) is 0 Å². The lowest BCUT2D eigenvalue weighted by Crippen LogP contribution is -2.49. The van der Waals surface area contributed by atoms with Gasteiger partial charge in [-0.05, 0) is 18.1 Å². The second-order valence-electron chi connectivity index (χ2n) is 5.28. The summed E-state index contributed by atoms with van der Waals surface area (Å²) in [7, 11) is 0. The van der Waals surface area contributed by atoms with Crippen molar-refractivity contribution in [1.82, 2.24) is 10.3 Å². The normalized spacial score (nSPS) is 13.4. The molecule has 1 aromatic carbocycles. The molecule has 2 atom stereocenters. The molecule has 1 aromatic heterocycles. The number of carbonyl (C=O) groups excluding carboxylic acids is 2. The summed E-state index contributed by atoms with van der Waals surface area (Å²) in [5.41, 5.74) is 6.59. The molecule has 3 amide bonds. The average Bonchev–Trinajstić information content (AvgIpc) is 2.51. The van der Waals surface area contributed by atoms with Crippen LogP contribution in [0.4, 0.5) is 10.5 Å². The standard InChI is InChI=1S/C16H20N4O2/c1-3-10(2)14(20-16(17)22)15(21)19-12-8-11-6-4-5-7-13(11)18-9-12/h4-10,14H,3H2,1-2H3,(H,19,21)(H3,17,20,22)/t10-,14+/m0/s1. The van der Waals surface area contributed by atoms with Crippen molar-refractivity contribution in [1.29, 1.82) is 0 Å². The molecule has 116 valence electrons. The van der Waals surface area contributed by atoms with Crippen LogP contribution in [-0.4, -0.2) is 23.0 Å². The third-order valence-electron chi connectivity index (χ3n) is 3.65. The number of amides is 3. The molecule has 0 radical (unpaired) electrons. The highest BCUT2D eigenvalue weighted by atomic mass is 16.2. The lowest BCUT2D eigenvalue weighted by molar-refractivity contribution is -0.119. The number of nitrogens with one attached hydrogen (secondary N) is 2. The van der Waals surface area contributed by atoms with E-state index in [-0.39, 0.29) is 11.8 Å². The van der Waals surface area contributed by atoms with Crippen molar-refractivity contribution in [3.05, 3.63) is 36.5 Å². The summed E-state index contributed by atoms with van der Waals surface area (Å²) in [5.74, 6) is -0.328. The summed E-state index contributed by atoms with van der Waals surface area (Å²) >= 11 is 0. The maximum atomic E-state index is 12.4. The quantitative estimate of drug-likeness (QED) is 0.790. The average molecular weight is 300 g/mol. The van der Waals surface area contributed by atoms with Crippen LogP contribution in [0, 0.1) is 5.92 Å². The summed E-state index contributed by atoms with van der Waals surface area (Å²) in [6, 6.07) is 8.10. The van der Waals surface area contributed by atoms with E-state index < -0.39 is 12.1 Å². The fraction of sp³-hybridized carbons (Fsp3) is 0.312. The number of hydrogen-bond acceptors (Lipinski definition) is 3. The highest BCUT2D eigenvalue weighted by molar-refractivity contribution is 5.98. The van der Waals surface area contributed by atoms with Gasteiger partial charge in [0.2, 0.25) is 5.91 Å². The van der Waals surface area contributed by atoms with Gasteiger partial charge >= 0.3 is 6.03 Å². The van der Waals surface area contributed by atoms with Crippen LogP contribution in [-0.2, 0) is 4.79 Å². The van der Waals surface area contributed by atoms with Gasteiger partial charge in [0, 0.05) is 5.39 Å². The molecule has 6 nitrogen and oxygen atoms in total. The molecule has 0 fully saturated rings. The van der Waals surface area contributed by atoms with Crippen LogP contribution in [0.3, 0.4) is 0 Å². The molecule has 22 heavy (non-hydrogen) atoms. The van der Waals surface area contributed by atoms with E-state index in [1.54, 1.807) is 6.20 Å². The molecular formula is C16H20N4O2. The maximum absolute atomic E-state index is 12.4. The van der Waals surface area contributed by atoms with Crippen molar-refractivity contribution in [3.63, 3.8) is 0 Å². The Morgan fingerprint density at radius 3 is 2.73 bits per heavy atom. The predicted molar refractivity (Wildman–Crippen MR) is 86.3 cm³/mol. The number of anilines is 1. The molecule has 0 aliphatic rings. The van der Waals surface area contributed by atoms with Crippen LogP contribution in [0.15, 0.2) is 36.5 Å². The zero-order valence-electron chi connectivity index (χ0n) is 12.7. The molecule has 0 aliphatic carbocycles. The van der Waals surface area contributed by atoms with Crippen LogP contribution in [0.2, 0.25) is 0 Å². The largest absolute Gasteiger partial charge is 0.352 e. The molecule has 0 aliphatic heterocycles. The number of nitrogens with zero attached hydrogens (tertiary/aromatic N) is 1. The van der Waals surface area contributed by atoms with Gasteiger partial charge in [0.05, 0.1) is 17.4 Å². The number of hydrogen-bond donors (Lipinski definition) is 3. The second-order valence-corrected chi connectivity index (χ2v) is 5.28. The molecule has 0 saturated carbocycles. The SMILES string of the molecule is CC[C@H](C)[C@@H](NC(N)=O)C(=O)Nc1cnc2ccccc2c1. The number of urea groups is 1. The smallest absolute Gasteiger partial charge is 0.312 e. The molecule has 0 spiro atoms. The molecule has 2 aromatic rings. The number of primary amides is 1. The van der Waals surface area contributed by atoms with Gasteiger partial charge in [0.1, 0.15) is 6.04 Å². The molecular weight excluding hydrogens is 280 g/mol. The van der Waals surface area contributed by atoms with E-state index in [9.17, 15) is 9.59 Å². The molecule has 6 heteroatoms. The zero-order valence-corrected chi connectivity index (χ0v) is 12.7. The minimum atomic E-state index is -0.711. The molecule has 0 bridgehead atoms. The number of carbonyl (C=O) groups is 2. The van der Waals surface area contributed by atoms with Gasteiger partial charge in [0.25, 0.3) is 0 Å². The molecule has 1 heterocycles. The van der Waals surface area contributed by atoms with Crippen molar-refractivity contribution in [3.8, 4) is 0 Å². The topological polar surface area (TPSA) is 97.1 Å². The lowest BCUT2D eigenvalue weighted by atomic mass is 9.98. The van der Waals surface area contributed by atoms with Gasteiger partial charge < -0.3 is 16.4 Å². The Morgan fingerprint density at radius 1 is 1.32 bits per heavy atom. The van der Waals surface area contributed by atoms with Crippen molar-refractivity contribution in [2.24, 2.45) is 11.7 Å². The number of nitrogens with two attached hydrogens (primary N) is 1. The summed E-state index contributed by atoms with van der Waals surface area (Å²) in [6.07, 6.45) is 2.34. The Bertz CT molecular complexity index is 687.